The van der Waals surface area contributed by atoms with E-state index in [1.54, 1.807) is 0 Å². The minimum Gasteiger partial charge on any atom is -0.340 e. The number of hydrogen-bond acceptors (Lipinski definition) is 4. The number of amides is 1. The number of rotatable bonds is 4. The SMILES string of the molecule is CCCCC(=O)Nc1ncnc2nc[nH]c12. The van der Waals surface area contributed by atoms with Crippen LogP contribution < -0.4 is 5.32 Å². The maximum absolute atomic E-state index is 11.5. The van der Waals surface area contributed by atoms with Crippen molar-refractivity contribution < 1.29 is 4.79 Å². The summed E-state index contributed by atoms with van der Waals surface area (Å²) >= 11 is 0. The van der Waals surface area contributed by atoms with Gasteiger partial charge in [-0.3, -0.25) is 4.79 Å². The van der Waals surface area contributed by atoms with Gasteiger partial charge in [0.1, 0.15) is 11.8 Å². The van der Waals surface area contributed by atoms with Crippen molar-refractivity contribution in [3.8, 4) is 0 Å². The van der Waals surface area contributed by atoms with Crippen molar-refractivity contribution >= 4 is 22.9 Å². The molecule has 0 aliphatic heterocycles. The lowest BCUT2D eigenvalue weighted by Gasteiger charge is -2.03. The van der Waals surface area contributed by atoms with Crippen LogP contribution >= 0.6 is 0 Å². The lowest BCUT2D eigenvalue weighted by molar-refractivity contribution is -0.116. The smallest absolute Gasteiger partial charge is 0.225 e. The molecule has 16 heavy (non-hydrogen) atoms. The van der Waals surface area contributed by atoms with Crippen LogP contribution in [-0.2, 0) is 4.79 Å². The van der Waals surface area contributed by atoms with Crippen molar-refractivity contribution in [1.29, 1.82) is 0 Å². The Balaban J connectivity index is 2.14. The van der Waals surface area contributed by atoms with Gasteiger partial charge in [0.15, 0.2) is 11.5 Å². The first-order valence-corrected chi connectivity index (χ1v) is 5.25. The van der Waals surface area contributed by atoms with Crippen LogP contribution in [0.2, 0.25) is 0 Å². The summed E-state index contributed by atoms with van der Waals surface area (Å²) in [7, 11) is 0. The van der Waals surface area contributed by atoms with E-state index in [1.807, 2.05) is 6.92 Å². The molecule has 0 bridgehead atoms. The molecule has 1 amide bonds. The number of carbonyl (C=O) groups excluding carboxylic acids is 1. The lowest BCUT2D eigenvalue weighted by Crippen LogP contribution is -2.12. The van der Waals surface area contributed by atoms with Gasteiger partial charge in [-0.25, -0.2) is 15.0 Å². The van der Waals surface area contributed by atoms with E-state index in [0.717, 1.165) is 12.8 Å². The fourth-order valence-corrected chi connectivity index (χ4v) is 1.39. The molecule has 84 valence electrons. The normalized spacial score (nSPS) is 10.6. The first-order chi connectivity index (χ1) is 7.81. The van der Waals surface area contributed by atoms with E-state index in [2.05, 4.69) is 25.3 Å². The van der Waals surface area contributed by atoms with Crippen LogP contribution in [0.1, 0.15) is 26.2 Å². The molecule has 0 atom stereocenters. The van der Waals surface area contributed by atoms with Crippen molar-refractivity contribution in [3.63, 3.8) is 0 Å². The highest BCUT2D eigenvalue weighted by atomic mass is 16.1. The highest BCUT2D eigenvalue weighted by Crippen LogP contribution is 2.14. The molecule has 6 nitrogen and oxygen atoms in total. The number of imidazole rings is 1. The van der Waals surface area contributed by atoms with Crippen LogP contribution in [-0.4, -0.2) is 25.8 Å². The third-order valence-corrected chi connectivity index (χ3v) is 2.24. The Bertz CT molecular complexity index is 493. The van der Waals surface area contributed by atoms with Gasteiger partial charge >= 0.3 is 0 Å². The van der Waals surface area contributed by atoms with Crippen LogP contribution in [0.3, 0.4) is 0 Å². The Kier molecular flexibility index (Phi) is 3.09. The molecule has 2 N–H and O–H groups in total. The number of unbranched alkanes of at least 4 members (excludes halogenated alkanes) is 1. The summed E-state index contributed by atoms with van der Waals surface area (Å²) in [6, 6.07) is 0. The van der Waals surface area contributed by atoms with Gasteiger partial charge in [0.05, 0.1) is 6.33 Å². The van der Waals surface area contributed by atoms with E-state index in [0.29, 0.717) is 23.4 Å². The standard InChI is InChI=1S/C10H13N5O/c1-2-3-4-7(16)15-10-8-9(12-5-11-8)13-6-14-10/h5-6H,2-4H2,1H3,(H2,11,12,13,14,15,16). The second-order valence-corrected chi connectivity index (χ2v) is 3.48. The van der Waals surface area contributed by atoms with Crippen LogP contribution in [0.15, 0.2) is 12.7 Å². The number of anilines is 1. The van der Waals surface area contributed by atoms with E-state index in [-0.39, 0.29) is 5.91 Å². The van der Waals surface area contributed by atoms with Gasteiger partial charge < -0.3 is 10.3 Å². The van der Waals surface area contributed by atoms with Gasteiger partial charge in [0.2, 0.25) is 5.91 Å². The van der Waals surface area contributed by atoms with Crippen molar-refractivity contribution in [3.05, 3.63) is 12.7 Å². The van der Waals surface area contributed by atoms with Gasteiger partial charge in [-0.1, -0.05) is 13.3 Å². The molecule has 0 spiro atoms. The zero-order valence-electron chi connectivity index (χ0n) is 9.03. The maximum Gasteiger partial charge on any atom is 0.225 e. The minimum absolute atomic E-state index is 0.0311. The predicted octanol–water partition coefficient (Wildman–Crippen LogP) is 1.48. The van der Waals surface area contributed by atoms with Crippen LogP contribution in [0.4, 0.5) is 5.82 Å². The van der Waals surface area contributed by atoms with Gasteiger partial charge in [0.25, 0.3) is 0 Å². The monoisotopic (exact) mass is 219 g/mol. The largest absolute Gasteiger partial charge is 0.340 e. The van der Waals surface area contributed by atoms with Crippen LogP contribution in [0, 0.1) is 0 Å². The topological polar surface area (TPSA) is 83.6 Å². The summed E-state index contributed by atoms with van der Waals surface area (Å²) < 4.78 is 0. The zero-order valence-corrected chi connectivity index (χ0v) is 9.03. The zero-order chi connectivity index (χ0) is 11.4. The van der Waals surface area contributed by atoms with Gasteiger partial charge in [-0.05, 0) is 6.42 Å². The van der Waals surface area contributed by atoms with E-state index in [9.17, 15) is 4.79 Å². The molecule has 0 saturated carbocycles. The summed E-state index contributed by atoms with van der Waals surface area (Å²) in [5.41, 5.74) is 1.22. The molecule has 0 fully saturated rings. The molecular weight excluding hydrogens is 206 g/mol. The van der Waals surface area contributed by atoms with E-state index >= 15 is 0 Å². The number of aromatic nitrogens is 4. The van der Waals surface area contributed by atoms with Gasteiger partial charge in [-0.2, -0.15) is 0 Å². The van der Waals surface area contributed by atoms with Crippen LogP contribution in [0.25, 0.3) is 11.2 Å². The molecule has 0 aliphatic rings. The Hall–Kier alpha value is -1.98. The van der Waals surface area contributed by atoms with E-state index in [4.69, 9.17) is 0 Å². The number of nitrogens with zero attached hydrogens (tertiary/aromatic N) is 3. The molecule has 0 aromatic carbocycles. The Morgan fingerprint density at radius 3 is 3.12 bits per heavy atom. The van der Waals surface area contributed by atoms with Crippen molar-refractivity contribution in [2.75, 3.05) is 5.32 Å². The fourth-order valence-electron chi connectivity index (χ4n) is 1.39. The lowest BCUT2D eigenvalue weighted by atomic mass is 10.2. The number of fused-ring (bicyclic) bond motifs is 1. The Morgan fingerprint density at radius 1 is 1.44 bits per heavy atom. The summed E-state index contributed by atoms with van der Waals surface area (Å²) in [5, 5.41) is 2.74. The van der Waals surface area contributed by atoms with Gasteiger partial charge in [-0.15, -0.1) is 0 Å². The molecule has 2 rings (SSSR count). The molecule has 2 aromatic heterocycles. The van der Waals surface area contributed by atoms with Crippen molar-refractivity contribution in [2.24, 2.45) is 0 Å². The molecule has 0 saturated heterocycles. The third kappa shape index (κ3) is 2.16. The summed E-state index contributed by atoms with van der Waals surface area (Å²) in [5.74, 6) is 0.458. The van der Waals surface area contributed by atoms with Gasteiger partial charge in [0, 0.05) is 6.42 Å². The van der Waals surface area contributed by atoms with Crippen molar-refractivity contribution in [2.45, 2.75) is 26.2 Å². The van der Waals surface area contributed by atoms with E-state index < -0.39 is 0 Å². The number of H-pyrrole nitrogens is 1. The summed E-state index contributed by atoms with van der Waals surface area (Å²) in [6.45, 7) is 2.05. The molecule has 0 aliphatic carbocycles. The quantitative estimate of drug-likeness (QED) is 0.815. The predicted molar refractivity (Wildman–Crippen MR) is 59.8 cm³/mol. The Morgan fingerprint density at radius 2 is 2.31 bits per heavy atom. The minimum atomic E-state index is -0.0311. The maximum atomic E-state index is 11.5. The number of hydrogen-bond donors (Lipinski definition) is 2. The summed E-state index contributed by atoms with van der Waals surface area (Å²) in [4.78, 5) is 26.4. The average Bonchev–Trinajstić information content (AvgIpc) is 2.75. The van der Waals surface area contributed by atoms with Crippen molar-refractivity contribution in [1.82, 2.24) is 19.9 Å². The fraction of sp³-hybridized carbons (Fsp3) is 0.400. The Labute approximate surface area is 92.5 Å². The third-order valence-electron chi connectivity index (χ3n) is 2.24. The first kappa shape index (κ1) is 10.5. The number of carbonyl (C=O) groups is 1. The summed E-state index contributed by atoms with van der Waals surface area (Å²) in [6.07, 6.45) is 5.30. The molecule has 0 unspecified atom stereocenters. The highest BCUT2D eigenvalue weighted by molar-refractivity contribution is 5.96. The highest BCUT2D eigenvalue weighted by Gasteiger charge is 2.08. The number of aromatic amines is 1. The second-order valence-electron chi connectivity index (χ2n) is 3.48. The average molecular weight is 219 g/mol. The first-order valence-electron chi connectivity index (χ1n) is 5.25. The molecule has 2 aromatic rings. The number of nitrogens with one attached hydrogen (secondary N) is 2. The second kappa shape index (κ2) is 4.69. The van der Waals surface area contributed by atoms with E-state index in [1.165, 1.54) is 12.7 Å². The molecule has 0 radical (unpaired) electrons. The van der Waals surface area contributed by atoms with Crippen LogP contribution in [0.5, 0.6) is 0 Å². The molecule has 6 heteroatoms. The molecular formula is C10H13N5O. The molecule has 2 heterocycles.